The lowest BCUT2D eigenvalue weighted by atomic mass is 9.99. The Hall–Kier alpha value is -4.29. The molecule has 0 unspecified atom stereocenters. The standard InChI is InChI=1S/C32H37F3N4O5/c1-20-16-39(21(2)19-40)30(41)27-15-25(37-31(42)36-24-9-7-23(8-10-24)32(33,34)35)11-14-28(27)44-29(20)18-38(3)17-22-5-12-26(43-4)13-6-22/h5-15,20-21,29,40H,16-19H2,1-4H3,(H2,36,37,42)/t20-,21-,29-/m0/s1. The number of likely N-dealkylation sites (N-methyl/N-ethyl adjacent to an activating group) is 1. The molecule has 4 rings (SSSR count). The molecule has 1 aliphatic rings. The van der Waals surface area contributed by atoms with Gasteiger partial charge in [-0.2, -0.15) is 13.2 Å². The lowest BCUT2D eigenvalue weighted by Crippen LogP contribution is -2.49. The van der Waals surface area contributed by atoms with Crippen molar-refractivity contribution < 1.29 is 37.3 Å². The van der Waals surface area contributed by atoms with Crippen molar-refractivity contribution in [2.24, 2.45) is 5.92 Å². The van der Waals surface area contributed by atoms with E-state index in [4.69, 9.17) is 9.47 Å². The van der Waals surface area contributed by atoms with Crippen molar-refractivity contribution in [2.45, 2.75) is 38.7 Å². The predicted octanol–water partition coefficient (Wildman–Crippen LogP) is 5.71. The fourth-order valence-corrected chi connectivity index (χ4v) is 4.97. The molecule has 3 atom stereocenters. The van der Waals surface area contributed by atoms with Gasteiger partial charge in [0, 0.05) is 36.9 Å². The zero-order chi connectivity index (χ0) is 32.0. The number of halogens is 3. The van der Waals surface area contributed by atoms with Crippen LogP contribution in [-0.2, 0) is 12.7 Å². The highest BCUT2D eigenvalue weighted by Crippen LogP contribution is 2.32. The summed E-state index contributed by atoms with van der Waals surface area (Å²) in [7, 11) is 3.61. The molecule has 0 saturated carbocycles. The number of anilines is 2. The monoisotopic (exact) mass is 614 g/mol. The lowest BCUT2D eigenvalue weighted by molar-refractivity contribution is -0.137. The van der Waals surface area contributed by atoms with Crippen molar-refractivity contribution in [1.29, 1.82) is 0 Å². The maximum Gasteiger partial charge on any atom is 0.416 e. The van der Waals surface area contributed by atoms with Crippen molar-refractivity contribution >= 4 is 23.3 Å². The number of hydrogen-bond acceptors (Lipinski definition) is 6. The topological polar surface area (TPSA) is 103 Å². The van der Waals surface area contributed by atoms with Gasteiger partial charge in [-0.15, -0.1) is 0 Å². The van der Waals surface area contributed by atoms with Gasteiger partial charge in [0.25, 0.3) is 5.91 Å². The number of amides is 3. The van der Waals surface area contributed by atoms with Gasteiger partial charge in [-0.1, -0.05) is 19.1 Å². The summed E-state index contributed by atoms with van der Waals surface area (Å²) >= 11 is 0. The average Bonchev–Trinajstić information content (AvgIpc) is 2.99. The first-order valence-electron chi connectivity index (χ1n) is 14.2. The maximum absolute atomic E-state index is 13.7. The van der Waals surface area contributed by atoms with E-state index in [1.165, 1.54) is 6.07 Å². The third-order valence-corrected chi connectivity index (χ3v) is 7.50. The number of alkyl halides is 3. The summed E-state index contributed by atoms with van der Waals surface area (Å²) in [5.41, 5.74) is 0.934. The molecule has 0 saturated heterocycles. The van der Waals surface area contributed by atoms with E-state index in [9.17, 15) is 27.9 Å². The molecule has 1 heterocycles. The van der Waals surface area contributed by atoms with E-state index in [1.807, 2.05) is 38.2 Å². The molecule has 44 heavy (non-hydrogen) atoms. The predicted molar refractivity (Wildman–Crippen MR) is 161 cm³/mol. The summed E-state index contributed by atoms with van der Waals surface area (Å²) < 4.78 is 50.2. The van der Waals surface area contributed by atoms with Crippen LogP contribution in [0.2, 0.25) is 0 Å². The van der Waals surface area contributed by atoms with Gasteiger partial charge in [-0.05, 0) is 74.1 Å². The van der Waals surface area contributed by atoms with Crippen LogP contribution in [0.4, 0.5) is 29.3 Å². The molecule has 12 heteroatoms. The number of carbonyl (C=O) groups excluding carboxylic acids is 2. The number of nitrogens with zero attached hydrogens (tertiary/aromatic N) is 2. The Morgan fingerprint density at radius 1 is 1.09 bits per heavy atom. The van der Waals surface area contributed by atoms with E-state index < -0.39 is 23.8 Å². The second kappa shape index (κ2) is 14.0. The van der Waals surface area contributed by atoms with Crippen LogP contribution in [0.3, 0.4) is 0 Å². The van der Waals surface area contributed by atoms with Gasteiger partial charge in [0.05, 0.1) is 30.9 Å². The fourth-order valence-electron chi connectivity index (χ4n) is 4.97. The average molecular weight is 615 g/mol. The van der Waals surface area contributed by atoms with E-state index >= 15 is 0 Å². The Kier molecular flexibility index (Phi) is 10.4. The van der Waals surface area contributed by atoms with Crippen molar-refractivity contribution in [3.63, 3.8) is 0 Å². The number of urea groups is 1. The highest BCUT2D eigenvalue weighted by atomic mass is 19.4. The molecule has 0 radical (unpaired) electrons. The Morgan fingerprint density at radius 3 is 2.34 bits per heavy atom. The largest absolute Gasteiger partial charge is 0.497 e. The van der Waals surface area contributed by atoms with Gasteiger partial charge in [-0.3, -0.25) is 9.69 Å². The molecule has 3 aromatic carbocycles. The van der Waals surface area contributed by atoms with Gasteiger partial charge in [0.2, 0.25) is 0 Å². The van der Waals surface area contributed by atoms with Crippen LogP contribution in [0.15, 0.2) is 66.7 Å². The Balaban J connectivity index is 1.52. The number of benzene rings is 3. The second-order valence-corrected chi connectivity index (χ2v) is 11.0. The van der Waals surface area contributed by atoms with E-state index in [0.717, 1.165) is 35.6 Å². The lowest BCUT2D eigenvalue weighted by Gasteiger charge is -2.38. The summed E-state index contributed by atoms with van der Waals surface area (Å²) in [4.78, 5) is 30.1. The number of aliphatic hydroxyl groups excluding tert-OH is 1. The maximum atomic E-state index is 13.7. The highest BCUT2D eigenvalue weighted by molar-refractivity contribution is 6.02. The Bertz CT molecular complexity index is 1430. The number of rotatable bonds is 9. The first-order valence-corrected chi connectivity index (χ1v) is 14.2. The zero-order valence-corrected chi connectivity index (χ0v) is 25.0. The molecule has 1 aliphatic heterocycles. The molecule has 236 valence electrons. The van der Waals surface area contributed by atoms with Gasteiger partial charge in [0.15, 0.2) is 0 Å². The number of ether oxygens (including phenoxy) is 2. The molecular formula is C32H37F3N4O5. The van der Waals surface area contributed by atoms with Crippen molar-refractivity contribution in [1.82, 2.24) is 9.80 Å². The van der Waals surface area contributed by atoms with Crippen molar-refractivity contribution in [3.8, 4) is 11.5 Å². The SMILES string of the molecule is COc1ccc(CN(C)C[C@@H]2Oc3ccc(NC(=O)Nc4ccc(C(F)(F)F)cc4)cc3C(=O)N([C@@H](C)CO)C[C@@H]2C)cc1. The van der Waals surface area contributed by atoms with Crippen molar-refractivity contribution in [2.75, 3.05) is 44.5 Å². The Labute approximate surface area is 254 Å². The van der Waals surface area contributed by atoms with Crippen LogP contribution in [0.1, 0.15) is 35.3 Å². The number of aliphatic hydroxyl groups is 1. The highest BCUT2D eigenvalue weighted by Gasteiger charge is 2.34. The van der Waals surface area contributed by atoms with Gasteiger partial charge < -0.3 is 30.1 Å². The molecule has 0 spiro atoms. The molecule has 0 aromatic heterocycles. The van der Waals surface area contributed by atoms with Crippen molar-refractivity contribution in [3.05, 3.63) is 83.4 Å². The minimum atomic E-state index is -4.49. The van der Waals surface area contributed by atoms with E-state index in [2.05, 4.69) is 15.5 Å². The molecule has 3 aromatic rings. The van der Waals surface area contributed by atoms with E-state index in [1.54, 1.807) is 31.1 Å². The summed E-state index contributed by atoms with van der Waals surface area (Å²) in [5, 5.41) is 15.0. The third-order valence-electron chi connectivity index (χ3n) is 7.50. The molecule has 0 aliphatic carbocycles. The molecule has 9 nitrogen and oxygen atoms in total. The molecular weight excluding hydrogens is 577 g/mol. The summed E-state index contributed by atoms with van der Waals surface area (Å²) in [6.07, 6.45) is -4.79. The van der Waals surface area contributed by atoms with Crippen LogP contribution < -0.4 is 20.1 Å². The summed E-state index contributed by atoms with van der Waals surface area (Å²) in [5.74, 6) is 0.684. The van der Waals surface area contributed by atoms with Gasteiger partial charge in [0.1, 0.15) is 17.6 Å². The number of carbonyl (C=O) groups is 2. The fraction of sp³-hybridized carbons (Fsp3) is 0.375. The van der Waals surface area contributed by atoms with Crippen LogP contribution in [-0.4, -0.2) is 72.8 Å². The number of nitrogens with one attached hydrogen (secondary N) is 2. The molecule has 3 N–H and O–H groups in total. The summed E-state index contributed by atoms with van der Waals surface area (Å²) in [6.45, 7) is 5.09. The molecule has 3 amide bonds. The van der Waals surface area contributed by atoms with Gasteiger partial charge >= 0.3 is 12.2 Å². The Morgan fingerprint density at radius 2 is 1.73 bits per heavy atom. The number of hydrogen-bond donors (Lipinski definition) is 3. The minimum Gasteiger partial charge on any atom is -0.497 e. The quantitative estimate of drug-likeness (QED) is 0.285. The minimum absolute atomic E-state index is 0.0771. The number of fused-ring (bicyclic) bond motifs is 1. The van der Waals surface area contributed by atoms with E-state index in [0.29, 0.717) is 25.4 Å². The summed E-state index contributed by atoms with van der Waals surface area (Å²) in [6, 6.07) is 15.4. The zero-order valence-electron chi connectivity index (χ0n) is 25.0. The molecule has 0 fully saturated rings. The second-order valence-electron chi connectivity index (χ2n) is 11.0. The van der Waals surface area contributed by atoms with Crippen LogP contribution in [0.25, 0.3) is 0 Å². The van der Waals surface area contributed by atoms with Crippen LogP contribution in [0, 0.1) is 5.92 Å². The first kappa shape index (κ1) is 32.6. The van der Waals surface area contributed by atoms with Gasteiger partial charge in [-0.25, -0.2) is 4.79 Å². The normalized spacial score (nSPS) is 17.7. The third kappa shape index (κ3) is 8.20. The number of methoxy groups -OCH3 is 1. The van der Waals surface area contributed by atoms with Crippen LogP contribution in [0.5, 0.6) is 11.5 Å². The first-order chi connectivity index (χ1) is 20.9. The smallest absolute Gasteiger partial charge is 0.416 e. The molecule has 0 bridgehead atoms. The van der Waals surface area contributed by atoms with E-state index in [-0.39, 0.29) is 41.5 Å². The van der Waals surface area contributed by atoms with Crippen LogP contribution >= 0.6 is 0 Å².